The van der Waals surface area contributed by atoms with E-state index in [4.69, 9.17) is 10.5 Å². The largest absolute Gasteiger partial charge is 0.445 e. The second-order valence-electron chi connectivity index (χ2n) is 7.88. The van der Waals surface area contributed by atoms with Crippen LogP contribution in [0.25, 0.3) is 0 Å². The number of ether oxygens (including phenoxy) is 1. The van der Waals surface area contributed by atoms with Gasteiger partial charge in [-0.25, -0.2) is 4.79 Å². The summed E-state index contributed by atoms with van der Waals surface area (Å²) < 4.78 is 5.22. The SMILES string of the molecule is CC(C)CC(NC(=O)OCc1ccccc1)C(=O)N/C(=C\N1CCCCC1)C(N)=O. The second kappa shape index (κ2) is 11.8. The molecule has 8 nitrogen and oxygen atoms in total. The third-order valence-electron chi connectivity index (χ3n) is 4.75. The van der Waals surface area contributed by atoms with Gasteiger partial charge in [-0.05, 0) is 37.2 Å². The van der Waals surface area contributed by atoms with Gasteiger partial charge in [-0.15, -0.1) is 0 Å². The Balaban J connectivity index is 1.99. The number of nitrogens with zero attached hydrogens (tertiary/aromatic N) is 1. The maximum absolute atomic E-state index is 12.8. The fraction of sp³-hybridized carbons (Fsp3) is 0.500. The number of amides is 3. The predicted octanol–water partition coefficient (Wildman–Crippen LogP) is 2.26. The zero-order valence-electron chi connectivity index (χ0n) is 17.7. The smallest absolute Gasteiger partial charge is 0.408 e. The van der Waals surface area contributed by atoms with Gasteiger partial charge in [0.2, 0.25) is 5.91 Å². The van der Waals surface area contributed by atoms with E-state index in [-0.39, 0.29) is 18.2 Å². The number of hydrogen-bond donors (Lipinski definition) is 3. The van der Waals surface area contributed by atoms with Crippen molar-refractivity contribution in [3.63, 3.8) is 0 Å². The molecule has 1 atom stereocenters. The number of hydrogen-bond acceptors (Lipinski definition) is 5. The van der Waals surface area contributed by atoms with Crippen molar-refractivity contribution in [1.29, 1.82) is 0 Å². The van der Waals surface area contributed by atoms with Crippen LogP contribution in [-0.2, 0) is 20.9 Å². The van der Waals surface area contributed by atoms with Crippen LogP contribution in [-0.4, -0.2) is 41.9 Å². The van der Waals surface area contributed by atoms with E-state index in [0.29, 0.717) is 6.42 Å². The minimum absolute atomic E-state index is 0.0232. The van der Waals surface area contributed by atoms with Crippen LogP contribution in [0.5, 0.6) is 0 Å². The average Bonchev–Trinajstić information content (AvgIpc) is 2.72. The minimum atomic E-state index is -0.850. The summed E-state index contributed by atoms with van der Waals surface area (Å²) in [7, 11) is 0. The van der Waals surface area contributed by atoms with E-state index in [1.165, 1.54) is 0 Å². The maximum atomic E-state index is 12.8. The Bertz CT molecular complexity index is 743. The summed E-state index contributed by atoms with van der Waals surface area (Å²) in [6.07, 6.45) is 4.50. The Labute approximate surface area is 177 Å². The summed E-state index contributed by atoms with van der Waals surface area (Å²) in [6.45, 7) is 5.61. The van der Waals surface area contributed by atoms with Crippen LogP contribution in [0.1, 0.15) is 45.1 Å². The van der Waals surface area contributed by atoms with Crippen LogP contribution in [0.2, 0.25) is 0 Å². The van der Waals surface area contributed by atoms with Crippen LogP contribution in [0.4, 0.5) is 4.79 Å². The van der Waals surface area contributed by atoms with Crippen LogP contribution >= 0.6 is 0 Å². The molecule has 0 saturated carbocycles. The molecule has 1 aliphatic heterocycles. The van der Waals surface area contributed by atoms with Gasteiger partial charge in [-0.1, -0.05) is 44.2 Å². The molecule has 0 spiro atoms. The first-order chi connectivity index (χ1) is 14.3. The normalized spacial score (nSPS) is 15.4. The summed E-state index contributed by atoms with van der Waals surface area (Å²) in [6, 6.07) is 8.42. The lowest BCUT2D eigenvalue weighted by Crippen LogP contribution is -2.48. The topological polar surface area (TPSA) is 114 Å². The van der Waals surface area contributed by atoms with Crippen molar-refractivity contribution in [2.75, 3.05) is 13.1 Å². The Hall–Kier alpha value is -3.03. The van der Waals surface area contributed by atoms with Gasteiger partial charge in [-0.2, -0.15) is 0 Å². The van der Waals surface area contributed by atoms with Crippen molar-refractivity contribution in [1.82, 2.24) is 15.5 Å². The Morgan fingerprint density at radius 2 is 1.80 bits per heavy atom. The van der Waals surface area contributed by atoms with Gasteiger partial charge in [0.05, 0.1) is 0 Å². The molecule has 1 unspecified atom stereocenters. The maximum Gasteiger partial charge on any atom is 0.408 e. The molecule has 8 heteroatoms. The number of nitrogens with one attached hydrogen (secondary N) is 2. The molecule has 4 N–H and O–H groups in total. The zero-order valence-corrected chi connectivity index (χ0v) is 17.7. The van der Waals surface area contributed by atoms with Crippen molar-refractivity contribution < 1.29 is 19.1 Å². The molecule has 2 rings (SSSR count). The van der Waals surface area contributed by atoms with E-state index >= 15 is 0 Å². The Morgan fingerprint density at radius 1 is 1.13 bits per heavy atom. The first-order valence-electron chi connectivity index (χ1n) is 10.4. The van der Waals surface area contributed by atoms with E-state index < -0.39 is 23.9 Å². The number of benzene rings is 1. The van der Waals surface area contributed by atoms with Gasteiger partial charge in [0.15, 0.2) is 0 Å². The highest BCUT2D eigenvalue weighted by molar-refractivity contribution is 5.98. The van der Waals surface area contributed by atoms with Crippen molar-refractivity contribution in [2.45, 2.75) is 52.2 Å². The number of primary amides is 1. The predicted molar refractivity (Wildman–Crippen MR) is 114 cm³/mol. The second-order valence-corrected chi connectivity index (χ2v) is 7.88. The Morgan fingerprint density at radius 3 is 2.40 bits per heavy atom. The molecule has 1 aromatic rings. The number of rotatable bonds is 9. The number of piperidine rings is 1. The highest BCUT2D eigenvalue weighted by Gasteiger charge is 2.25. The molecular weight excluding hydrogens is 384 g/mol. The van der Waals surface area contributed by atoms with Crippen molar-refractivity contribution in [3.05, 3.63) is 47.8 Å². The highest BCUT2D eigenvalue weighted by Crippen LogP contribution is 2.11. The molecule has 1 aliphatic rings. The highest BCUT2D eigenvalue weighted by atomic mass is 16.5. The van der Waals surface area contributed by atoms with Gasteiger partial charge in [0.1, 0.15) is 18.3 Å². The van der Waals surface area contributed by atoms with Gasteiger partial charge in [0, 0.05) is 19.3 Å². The van der Waals surface area contributed by atoms with E-state index in [0.717, 1.165) is 37.9 Å². The number of carbonyl (C=O) groups excluding carboxylic acids is 3. The van der Waals surface area contributed by atoms with Crippen LogP contribution in [0.3, 0.4) is 0 Å². The molecule has 0 aliphatic carbocycles. The lowest BCUT2D eigenvalue weighted by molar-refractivity contribution is -0.124. The van der Waals surface area contributed by atoms with Crippen molar-refractivity contribution >= 4 is 17.9 Å². The van der Waals surface area contributed by atoms with Gasteiger partial charge >= 0.3 is 6.09 Å². The Kier molecular flexibility index (Phi) is 9.18. The molecule has 0 bridgehead atoms. The molecule has 3 amide bonds. The fourth-order valence-electron chi connectivity index (χ4n) is 3.22. The van der Waals surface area contributed by atoms with E-state index in [1.54, 1.807) is 6.20 Å². The number of nitrogens with two attached hydrogens (primary N) is 1. The lowest BCUT2D eigenvalue weighted by Gasteiger charge is -2.26. The quantitative estimate of drug-likeness (QED) is 0.534. The molecule has 0 radical (unpaired) electrons. The van der Waals surface area contributed by atoms with Crippen LogP contribution < -0.4 is 16.4 Å². The molecule has 164 valence electrons. The van der Waals surface area contributed by atoms with Crippen molar-refractivity contribution in [2.24, 2.45) is 11.7 Å². The molecule has 1 fully saturated rings. The first kappa shape index (κ1) is 23.3. The van der Waals surface area contributed by atoms with Crippen molar-refractivity contribution in [3.8, 4) is 0 Å². The minimum Gasteiger partial charge on any atom is -0.445 e. The summed E-state index contributed by atoms with van der Waals surface area (Å²) in [5.74, 6) is -1.08. The summed E-state index contributed by atoms with van der Waals surface area (Å²) in [4.78, 5) is 38.8. The third kappa shape index (κ3) is 8.14. The molecule has 1 saturated heterocycles. The van der Waals surface area contributed by atoms with E-state index in [9.17, 15) is 14.4 Å². The monoisotopic (exact) mass is 416 g/mol. The van der Waals surface area contributed by atoms with E-state index in [1.807, 2.05) is 49.1 Å². The molecule has 1 aromatic carbocycles. The standard InChI is InChI=1S/C22H32N4O4/c1-16(2)13-18(25-22(29)30-15-17-9-5-3-6-10-17)21(28)24-19(20(23)27)14-26-11-7-4-8-12-26/h3,5-6,9-10,14,16,18H,4,7-8,11-13,15H2,1-2H3,(H2,23,27)(H,24,28)(H,25,29)/b19-14-. The van der Waals surface area contributed by atoms with Gasteiger partial charge in [0.25, 0.3) is 5.91 Å². The fourth-order valence-corrected chi connectivity index (χ4v) is 3.22. The number of carbonyl (C=O) groups is 3. The lowest BCUT2D eigenvalue weighted by atomic mass is 10.0. The zero-order chi connectivity index (χ0) is 21.9. The summed E-state index contributed by atoms with van der Waals surface area (Å²) >= 11 is 0. The van der Waals surface area contributed by atoms with E-state index in [2.05, 4.69) is 10.6 Å². The number of likely N-dealkylation sites (tertiary alicyclic amines) is 1. The average molecular weight is 417 g/mol. The first-order valence-corrected chi connectivity index (χ1v) is 10.4. The summed E-state index contributed by atoms with van der Waals surface area (Å²) in [5.41, 5.74) is 6.32. The molecule has 0 aromatic heterocycles. The molecular formula is C22H32N4O4. The van der Waals surface area contributed by atoms with Gasteiger partial charge < -0.3 is 26.0 Å². The molecule has 30 heavy (non-hydrogen) atoms. The van der Waals surface area contributed by atoms with Gasteiger partial charge in [-0.3, -0.25) is 9.59 Å². The molecule has 1 heterocycles. The summed E-state index contributed by atoms with van der Waals surface area (Å²) in [5, 5.41) is 5.18. The number of alkyl carbamates (subject to hydrolysis) is 1. The third-order valence-corrected chi connectivity index (χ3v) is 4.75. The van der Waals surface area contributed by atoms with Crippen LogP contribution in [0.15, 0.2) is 42.2 Å². The van der Waals surface area contributed by atoms with Crippen LogP contribution in [0, 0.1) is 5.92 Å².